The van der Waals surface area contributed by atoms with Gasteiger partial charge in [0.25, 0.3) is 0 Å². The van der Waals surface area contributed by atoms with Gasteiger partial charge in [0.15, 0.2) is 5.78 Å². The lowest BCUT2D eigenvalue weighted by Gasteiger charge is -2.06. The highest BCUT2D eigenvalue weighted by Crippen LogP contribution is 2.22. The number of carbonyl (C=O) groups excluding carboxylic acids is 1. The largest absolute Gasteiger partial charge is 0.293 e. The summed E-state index contributed by atoms with van der Waals surface area (Å²) in [5.41, 5.74) is 2.83. The Bertz CT molecular complexity index is 684. The summed E-state index contributed by atoms with van der Waals surface area (Å²) in [6.07, 6.45) is 0. The van der Waals surface area contributed by atoms with Crippen LogP contribution in [0.3, 0.4) is 0 Å². The molecule has 0 radical (unpaired) electrons. The van der Waals surface area contributed by atoms with Crippen molar-refractivity contribution in [2.75, 3.05) is 5.75 Å². The second kappa shape index (κ2) is 6.02. The maximum absolute atomic E-state index is 12.4. The predicted molar refractivity (Wildman–Crippen MR) is 85.3 cm³/mol. The fraction of sp³-hybridized carbons (Fsp3) is 0.312. The van der Waals surface area contributed by atoms with Crippen LogP contribution in [0.25, 0.3) is 0 Å². The number of Topliss-reactive ketones (excluding diaryl/α,β-unsaturated/α-hetero) is 1. The quantitative estimate of drug-likeness (QED) is 0.801. The molecular formula is C16H18O2S2. The molecule has 1 aromatic heterocycles. The minimum absolute atomic E-state index is 0.0369. The molecule has 1 atom stereocenters. The van der Waals surface area contributed by atoms with Crippen LogP contribution in [0.2, 0.25) is 0 Å². The van der Waals surface area contributed by atoms with Gasteiger partial charge in [-0.1, -0.05) is 17.7 Å². The van der Waals surface area contributed by atoms with Gasteiger partial charge in [0.1, 0.15) is 0 Å². The predicted octanol–water partition coefficient (Wildman–Crippen LogP) is 3.97. The van der Waals surface area contributed by atoms with Crippen molar-refractivity contribution in [3.63, 3.8) is 0 Å². The Balaban J connectivity index is 2.19. The van der Waals surface area contributed by atoms with Crippen LogP contribution in [0.5, 0.6) is 0 Å². The SMILES string of the molecule is Cc1ccc(S(=O)CC(=O)c2cc(C)sc2C)c(C)c1. The van der Waals surface area contributed by atoms with E-state index in [0.29, 0.717) is 5.56 Å². The van der Waals surface area contributed by atoms with Gasteiger partial charge in [0.2, 0.25) is 0 Å². The average molecular weight is 306 g/mol. The van der Waals surface area contributed by atoms with E-state index < -0.39 is 10.8 Å². The number of hydrogen-bond donors (Lipinski definition) is 0. The summed E-state index contributed by atoms with van der Waals surface area (Å²) in [5.74, 6) is 0.0196. The first-order valence-corrected chi connectivity index (χ1v) is 8.58. The van der Waals surface area contributed by atoms with Gasteiger partial charge in [-0.25, -0.2) is 0 Å². The molecule has 0 aliphatic heterocycles. The average Bonchev–Trinajstić information content (AvgIpc) is 2.68. The zero-order valence-corrected chi connectivity index (χ0v) is 13.8. The number of thiophene rings is 1. The van der Waals surface area contributed by atoms with Crippen LogP contribution in [-0.2, 0) is 10.8 Å². The van der Waals surface area contributed by atoms with E-state index in [1.165, 1.54) is 0 Å². The number of benzene rings is 1. The standard InChI is InChI=1S/C16H18O2S2/c1-10-5-6-16(11(2)7-10)20(18)9-15(17)14-8-12(3)19-13(14)4/h5-8H,9H2,1-4H3. The van der Waals surface area contributed by atoms with Crippen molar-refractivity contribution in [2.45, 2.75) is 32.6 Å². The molecule has 0 saturated heterocycles. The molecule has 1 unspecified atom stereocenters. The Hall–Kier alpha value is -1.26. The third-order valence-electron chi connectivity index (χ3n) is 3.18. The number of carbonyl (C=O) groups is 1. The lowest BCUT2D eigenvalue weighted by Crippen LogP contribution is -2.12. The second-order valence-corrected chi connectivity index (χ2v) is 7.89. The van der Waals surface area contributed by atoms with Crippen molar-refractivity contribution in [2.24, 2.45) is 0 Å². The lowest BCUT2D eigenvalue weighted by atomic mass is 10.2. The van der Waals surface area contributed by atoms with E-state index in [9.17, 15) is 9.00 Å². The summed E-state index contributed by atoms with van der Waals surface area (Å²) in [7, 11) is -1.28. The maximum atomic E-state index is 12.4. The number of hydrogen-bond acceptors (Lipinski definition) is 3. The fourth-order valence-electron chi connectivity index (χ4n) is 2.24. The van der Waals surface area contributed by atoms with E-state index in [4.69, 9.17) is 0 Å². The molecular weight excluding hydrogens is 288 g/mol. The summed E-state index contributed by atoms with van der Waals surface area (Å²) >= 11 is 1.61. The number of rotatable bonds is 4. The van der Waals surface area contributed by atoms with Crippen LogP contribution >= 0.6 is 11.3 Å². The first-order valence-electron chi connectivity index (χ1n) is 6.44. The van der Waals surface area contributed by atoms with Crippen LogP contribution < -0.4 is 0 Å². The van der Waals surface area contributed by atoms with Crippen LogP contribution in [0.15, 0.2) is 29.2 Å². The molecule has 0 saturated carbocycles. The second-order valence-electron chi connectivity index (χ2n) is 5.01. The van der Waals surface area contributed by atoms with E-state index in [1.807, 2.05) is 52.0 Å². The molecule has 0 fully saturated rings. The Morgan fingerprint density at radius 3 is 2.40 bits per heavy atom. The first-order chi connectivity index (χ1) is 9.38. The van der Waals surface area contributed by atoms with Gasteiger partial charge in [0, 0.05) is 20.2 Å². The highest BCUT2D eigenvalue weighted by atomic mass is 32.2. The van der Waals surface area contributed by atoms with Crippen LogP contribution in [0.4, 0.5) is 0 Å². The van der Waals surface area contributed by atoms with Crippen LogP contribution in [0, 0.1) is 27.7 Å². The fourth-order valence-corrected chi connectivity index (χ4v) is 4.37. The molecule has 20 heavy (non-hydrogen) atoms. The van der Waals surface area contributed by atoms with Crippen molar-refractivity contribution >= 4 is 27.9 Å². The summed E-state index contributed by atoms with van der Waals surface area (Å²) in [6, 6.07) is 7.68. The Morgan fingerprint density at radius 1 is 1.15 bits per heavy atom. The molecule has 2 rings (SSSR count). The third kappa shape index (κ3) is 3.25. The van der Waals surface area contributed by atoms with Gasteiger partial charge in [0.05, 0.1) is 16.6 Å². The highest BCUT2D eigenvalue weighted by molar-refractivity contribution is 7.85. The molecule has 2 aromatic rings. The molecule has 0 aliphatic rings. The van der Waals surface area contributed by atoms with Crippen molar-refractivity contribution in [1.82, 2.24) is 0 Å². The summed E-state index contributed by atoms with van der Waals surface area (Å²) in [6.45, 7) is 7.85. The van der Waals surface area contributed by atoms with Gasteiger partial charge < -0.3 is 0 Å². The summed E-state index contributed by atoms with van der Waals surface area (Å²) in [5, 5.41) is 0. The van der Waals surface area contributed by atoms with E-state index in [2.05, 4.69) is 0 Å². The molecule has 0 spiro atoms. The monoisotopic (exact) mass is 306 g/mol. The molecule has 2 nitrogen and oxygen atoms in total. The zero-order chi connectivity index (χ0) is 14.9. The Labute approximate surface area is 126 Å². The highest BCUT2D eigenvalue weighted by Gasteiger charge is 2.17. The maximum Gasteiger partial charge on any atom is 0.176 e. The summed E-state index contributed by atoms with van der Waals surface area (Å²) < 4.78 is 12.4. The summed E-state index contributed by atoms with van der Waals surface area (Å²) in [4.78, 5) is 15.1. The van der Waals surface area contributed by atoms with E-state index >= 15 is 0 Å². The van der Waals surface area contributed by atoms with Gasteiger partial charge in [-0.05, 0) is 45.4 Å². The number of aryl methyl sites for hydroxylation is 4. The topological polar surface area (TPSA) is 34.1 Å². The molecule has 106 valence electrons. The minimum Gasteiger partial charge on any atom is -0.293 e. The Morgan fingerprint density at radius 2 is 1.85 bits per heavy atom. The van der Waals surface area contributed by atoms with Gasteiger partial charge in [-0.15, -0.1) is 11.3 Å². The third-order valence-corrected chi connectivity index (χ3v) is 5.62. The van der Waals surface area contributed by atoms with Gasteiger partial charge >= 0.3 is 0 Å². The van der Waals surface area contributed by atoms with E-state index in [-0.39, 0.29) is 11.5 Å². The molecule has 1 aromatic carbocycles. The van der Waals surface area contributed by atoms with Crippen molar-refractivity contribution in [1.29, 1.82) is 0 Å². The molecule has 0 bridgehead atoms. The van der Waals surface area contributed by atoms with Gasteiger partial charge in [-0.3, -0.25) is 9.00 Å². The molecule has 0 N–H and O–H groups in total. The Kier molecular flexibility index (Phi) is 4.55. The minimum atomic E-state index is -1.28. The van der Waals surface area contributed by atoms with E-state index in [1.54, 1.807) is 11.3 Å². The van der Waals surface area contributed by atoms with Crippen molar-refractivity contribution in [3.05, 3.63) is 50.7 Å². The van der Waals surface area contributed by atoms with Crippen molar-refractivity contribution < 1.29 is 9.00 Å². The van der Waals surface area contributed by atoms with Gasteiger partial charge in [-0.2, -0.15) is 0 Å². The normalized spacial score (nSPS) is 12.4. The smallest absolute Gasteiger partial charge is 0.176 e. The molecule has 4 heteroatoms. The lowest BCUT2D eigenvalue weighted by molar-refractivity contribution is 0.102. The first kappa shape index (κ1) is 15.1. The van der Waals surface area contributed by atoms with E-state index in [0.717, 1.165) is 25.8 Å². The van der Waals surface area contributed by atoms with Crippen molar-refractivity contribution in [3.8, 4) is 0 Å². The van der Waals surface area contributed by atoms with Crippen LogP contribution in [0.1, 0.15) is 31.2 Å². The zero-order valence-electron chi connectivity index (χ0n) is 12.1. The molecule has 1 heterocycles. The number of ketones is 1. The molecule has 0 aliphatic carbocycles. The molecule has 0 amide bonds. The van der Waals surface area contributed by atoms with Crippen LogP contribution in [-0.4, -0.2) is 15.7 Å².